The first kappa shape index (κ1) is 21.9. The molecule has 1 saturated carbocycles. The first-order chi connectivity index (χ1) is 16.6. The highest BCUT2D eigenvalue weighted by Crippen LogP contribution is 2.39. The molecule has 3 heterocycles. The van der Waals surface area contributed by atoms with Crippen LogP contribution in [0, 0.1) is 0 Å². The van der Waals surface area contributed by atoms with Crippen molar-refractivity contribution < 1.29 is 9.26 Å². The molecular formula is C24H28N8O2. The average molecular weight is 461 g/mol. The first-order valence-electron chi connectivity index (χ1n) is 11.4. The van der Waals surface area contributed by atoms with E-state index in [0.29, 0.717) is 48.3 Å². The molecule has 5 rings (SSSR count). The molecule has 0 bridgehead atoms. The third-order valence-electron chi connectivity index (χ3n) is 5.41. The van der Waals surface area contributed by atoms with E-state index in [9.17, 15) is 0 Å². The van der Waals surface area contributed by atoms with Crippen LogP contribution in [0.2, 0.25) is 0 Å². The topological polar surface area (TPSA) is 117 Å². The standard InChI is InChI=1S/C24H28N8O2/c1-32(2)10-11-33-23-14-21(26-22-13-19(29-30-22)17-8-9-17)27-24(28-23)25-15-18-12-20(31-34-18)16-6-4-3-5-7-16/h3-7,12-14,17H,8-11,15H2,1-2H3,(H3,25,26,27,28,29,30). The molecule has 34 heavy (non-hydrogen) atoms. The molecule has 0 saturated heterocycles. The minimum atomic E-state index is 0.384. The van der Waals surface area contributed by atoms with Gasteiger partial charge < -0.3 is 24.8 Å². The molecule has 10 heteroatoms. The van der Waals surface area contributed by atoms with Gasteiger partial charge in [0.2, 0.25) is 11.8 Å². The van der Waals surface area contributed by atoms with Crippen molar-refractivity contribution in [3.63, 3.8) is 0 Å². The van der Waals surface area contributed by atoms with Gasteiger partial charge in [0.1, 0.15) is 18.1 Å². The Morgan fingerprint density at radius 3 is 2.74 bits per heavy atom. The molecule has 0 aliphatic heterocycles. The van der Waals surface area contributed by atoms with Gasteiger partial charge in [0.25, 0.3) is 0 Å². The van der Waals surface area contributed by atoms with Crippen LogP contribution in [0.1, 0.15) is 30.2 Å². The molecule has 0 unspecified atom stereocenters. The van der Waals surface area contributed by atoms with Gasteiger partial charge in [0, 0.05) is 41.9 Å². The Labute approximate surface area is 197 Å². The van der Waals surface area contributed by atoms with Crippen LogP contribution in [0.25, 0.3) is 11.3 Å². The summed E-state index contributed by atoms with van der Waals surface area (Å²) in [6.45, 7) is 1.67. The Balaban J connectivity index is 1.29. The summed E-state index contributed by atoms with van der Waals surface area (Å²) in [4.78, 5) is 11.1. The number of nitrogens with zero attached hydrogens (tertiary/aromatic N) is 5. The summed E-state index contributed by atoms with van der Waals surface area (Å²) in [7, 11) is 4.00. The Kier molecular flexibility index (Phi) is 6.39. The average Bonchev–Trinajstić information content (AvgIpc) is 3.39. The van der Waals surface area contributed by atoms with Gasteiger partial charge >= 0.3 is 0 Å². The number of hydrogen-bond acceptors (Lipinski definition) is 9. The van der Waals surface area contributed by atoms with Crippen molar-refractivity contribution in [2.75, 3.05) is 37.9 Å². The number of rotatable bonds is 11. The quantitative estimate of drug-likeness (QED) is 0.305. The maximum absolute atomic E-state index is 5.87. The second kappa shape index (κ2) is 9.92. The summed E-state index contributed by atoms with van der Waals surface area (Å²) in [5, 5.41) is 18.1. The predicted molar refractivity (Wildman–Crippen MR) is 129 cm³/mol. The normalized spacial score (nSPS) is 13.3. The van der Waals surface area contributed by atoms with Crippen molar-refractivity contribution in [3.8, 4) is 17.1 Å². The molecule has 0 radical (unpaired) electrons. The van der Waals surface area contributed by atoms with Crippen molar-refractivity contribution in [2.24, 2.45) is 0 Å². The highest BCUT2D eigenvalue weighted by molar-refractivity contribution is 5.59. The SMILES string of the molecule is CN(C)CCOc1cc(Nc2cc(C3CC3)[nH]n2)nc(NCc2cc(-c3ccccc3)no2)n1. The third-order valence-corrected chi connectivity index (χ3v) is 5.41. The van der Waals surface area contributed by atoms with E-state index in [2.05, 4.69) is 40.9 Å². The summed E-state index contributed by atoms with van der Waals surface area (Å²) < 4.78 is 11.4. The van der Waals surface area contributed by atoms with Gasteiger partial charge in [-0.25, -0.2) is 0 Å². The lowest BCUT2D eigenvalue weighted by Gasteiger charge is -2.12. The van der Waals surface area contributed by atoms with E-state index in [-0.39, 0.29) is 0 Å². The second-order valence-electron chi connectivity index (χ2n) is 8.57. The van der Waals surface area contributed by atoms with Gasteiger partial charge in [0.05, 0.1) is 6.54 Å². The Morgan fingerprint density at radius 2 is 1.94 bits per heavy atom. The minimum absolute atomic E-state index is 0.384. The molecule has 0 amide bonds. The highest BCUT2D eigenvalue weighted by Gasteiger charge is 2.25. The lowest BCUT2D eigenvalue weighted by atomic mass is 10.1. The molecule has 1 fully saturated rings. The third kappa shape index (κ3) is 5.70. The van der Waals surface area contributed by atoms with E-state index in [1.807, 2.05) is 56.6 Å². The molecule has 176 valence electrons. The molecule has 0 atom stereocenters. The van der Waals surface area contributed by atoms with Crippen LogP contribution in [0.5, 0.6) is 5.88 Å². The number of anilines is 3. The smallest absolute Gasteiger partial charge is 0.228 e. The van der Waals surface area contributed by atoms with Crippen LogP contribution in [0.4, 0.5) is 17.6 Å². The summed E-state index contributed by atoms with van der Waals surface area (Å²) in [6.07, 6.45) is 2.42. The predicted octanol–water partition coefficient (Wildman–Crippen LogP) is 4.03. The van der Waals surface area contributed by atoms with Crippen molar-refractivity contribution in [1.29, 1.82) is 0 Å². The zero-order chi connectivity index (χ0) is 23.3. The Bertz CT molecular complexity index is 1220. The summed E-state index contributed by atoms with van der Waals surface area (Å²) >= 11 is 0. The first-order valence-corrected chi connectivity index (χ1v) is 11.4. The van der Waals surface area contributed by atoms with Crippen molar-refractivity contribution >= 4 is 17.6 Å². The number of aromatic amines is 1. The largest absolute Gasteiger partial charge is 0.476 e. The van der Waals surface area contributed by atoms with Crippen LogP contribution in [0.3, 0.4) is 0 Å². The molecule has 3 N–H and O–H groups in total. The maximum atomic E-state index is 5.87. The van der Waals surface area contributed by atoms with Crippen LogP contribution >= 0.6 is 0 Å². The van der Waals surface area contributed by atoms with Gasteiger partial charge in [0.15, 0.2) is 11.6 Å². The number of likely N-dealkylation sites (N-methyl/N-ethyl adjacent to an activating group) is 1. The molecule has 1 aliphatic carbocycles. The van der Waals surface area contributed by atoms with Gasteiger partial charge in [-0.15, -0.1) is 0 Å². The molecule has 1 aliphatic rings. The molecule has 4 aromatic rings. The summed E-state index contributed by atoms with van der Waals surface area (Å²) in [5.41, 5.74) is 2.93. The van der Waals surface area contributed by atoms with Gasteiger partial charge in [-0.1, -0.05) is 35.5 Å². The number of aromatic nitrogens is 5. The van der Waals surface area contributed by atoms with Crippen LogP contribution in [-0.4, -0.2) is 57.5 Å². The number of hydrogen-bond donors (Lipinski definition) is 3. The van der Waals surface area contributed by atoms with E-state index >= 15 is 0 Å². The Morgan fingerprint density at radius 1 is 1.09 bits per heavy atom. The molecule has 3 aromatic heterocycles. The van der Waals surface area contributed by atoms with Crippen molar-refractivity contribution in [2.45, 2.75) is 25.3 Å². The van der Waals surface area contributed by atoms with Gasteiger partial charge in [-0.05, 0) is 26.9 Å². The fourth-order valence-corrected chi connectivity index (χ4v) is 3.42. The summed E-state index contributed by atoms with van der Waals surface area (Å²) in [6, 6.07) is 15.6. The zero-order valence-corrected chi connectivity index (χ0v) is 19.3. The fraction of sp³-hybridized carbons (Fsp3) is 0.333. The van der Waals surface area contributed by atoms with E-state index in [0.717, 1.165) is 23.5 Å². The lowest BCUT2D eigenvalue weighted by molar-refractivity contribution is 0.254. The molecular weight excluding hydrogens is 432 g/mol. The lowest BCUT2D eigenvalue weighted by Crippen LogP contribution is -2.20. The van der Waals surface area contributed by atoms with Crippen LogP contribution < -0.4 is 15.4 Å². The van der Waals surface area contributed by atoms with Crippen LogP contribution in [0.15, 0.2) is 53.1 Å². The monoisotopic (exact) mass is 460 g/mol. The number of ether oxygens (including phenoxy) is 1. The number of nitrogens with one attached hydrogen (secondary N) is 3. The zero-order valence-electron chi connectivity index (χ0n) is 19.3. The minimum Gasteiger partial charge on any atom is -0.476 e. The Hall–Kier alpha value is -3.92. The van der Waals surface area contributed by atoms with Gasteiger partial charge in [-0.3, -0.25) is 5.10 Å². The van der Waals surface area contributed by atoms with E-state index in [1.165, 1.54) is 12.8 Å². The van der Waals surface area contributed by atoms with Gasteiger partial charge in [-0.2, -0.15) is 15.1 Å². The van der Waals surface area contributed by atoms with E-state index in [1.54, 1.807) is 6.07 Å². The maximum Gasteiger partial charge on any atom is 0.228 e. The molecule has 1 aromatic carbocycles. The fourth-order valence-electron chi connectivity index (χ4n) is 3.42. The molecule has 0 spiro atoms. The highest BCUT2D eigenvalue weighted by atomic mass is 16.5. The number of H-pyrrole nitrogens is 1. The summed E-state index contributed by atoms with van der Waals surface area (Å²) in [5.74, 6) is 3.47. The van der Waals surface area contributed by atoms with Crippen molar-refractivity contribution in [1.82, 2.24) is 30.2 Å². The number of benzene rings is 1. The second-order valence-corrected chi connectivity index (χ2v) is 8.57. The molecule has 10 nitrogen and oxygen atoms in total. The van der Waals surface area contributed by atoms with E-state index in [4.69, 9.17) is 9.26 Å². The van der Waals surface area contributed by atoms with Crippen LogP contribution in [-0.2, 0) is 6.54 Å². The van der Waals surface area contributed by atoms with Crippen molar-refractivity contribution in [3.05, 3.63) is 60.0 Å². The van der Waals surface area contributed by atoms with E-state index < -0.39 is 0 Å².